The van der Waals surface area contributed by atoms with Crippen LogP contribution in [0.1, 0.15) is 10.4 Å². The van der Waals surface area contributed by atoms with Crippen molar-refractivity contribution in [3.05, 3.63) is 189 Å². The van der Waals surface area contributed by atoms with Crippen molar-refractivity contribution in [3.63, 3.8) is 0 Å². The van der Waals surface area contributed by atoms with Crippen LogP contribution in [-0.2, 0) is 6.54 Å². The zero-order chi connectivity index (χ0) is 51.5. The molecule has 0 atom stereocenters. The van der Waals surface area contributed by atoms with Crippen molar-refractivity contribution in [1.29, 1.82) is 0 Å². The van der Waals surface area contributed by atoms with Crippen LogP contribution in [0.2, 0.25) is 0 Å². The largest absolute Gasteiger partial charge is 0.392 e. The molecule has 0 N–H and O–H groups in total. The predicted octanol–water partition coefficient (Wildman–Crippen LogP) is 10.6. The Morgan fingerprint density at radius 3 is 1.03 bits per heavy atom. The van der Waals surface area contributed by atoms with E-state index < -0.39 is 148 Å². The predicted molar refractivity (Wildman–Crippen MR) is 205 cm³/mol. The van der Waals surface area contributed by atoms with E-state index in [1.54, 1.807) is 22.9 Å². The molecule has 7 aromatic rings. The first-order valence-corrected chi connectivity index (χ1v) is 19.3. The van der Waals surface area contributed by atoms with Crippen LogP contribution in [0.3, 0.4) is 0 Å². The Morgan fingerprint density at radius 1 is 0.420 bits per heavy atom. The number of nitrogens with zero attached hydrogens (tertiary/aromatic N) is 1. The number of fused-ring (bicyclic) bond motifs is 1. The third-order valence-corrected chi connectivity index (χ3v) is 10.4. The van der Waals surface area contributed by atoms with E-state index >= 15 is 35.1 Å². The molecule has 0 radical (unpaired) electrons. The number of Topliss-reactive ketones (excluding diaryl/α,β-unsaturated/α-hetero) is 1. The van der Waals surface area contributed by atoms with E-state index in [4.69, 9.17) is 39.5 Å². The van der Waals surface area contributed by atoms with Crippen molar-refractivity contribution < 1.29 is 102 Å². The van der Waals surface area contributed by atoms with E-state index in [1.807, 2.05) is 48.5 Å². The highest BCUT2D eigenvalue weighted by molar-refractivity contribution is 7.20. The topological polar surface area (TPSA) is 30.2 Å². The van der Waals surface area contributed by atoms with E-state index in [0.29, 0.717) is 11.4 Å². The van der Waals surface area contributed by atoms with Crippen LogP contribution in [0.5, 0.6) is 5.88 Å². The summed E-state index contributed by atoms with van der Waals surface area (Å²) >= 11 is 17.4. The molecule has 27 heteroatoms. The van der Waals surface area contributed by atoms with Crippen LogP contribution in [0.25, 0.3) is 10.8 Å². The first-order valence-electron chi connectivity index (χ1n) is 18.1. The van der Waals surface area contributed by atoms with Crippen LogP contribution in [-0.4, -0.2) is 15.9 Å². The Bertz CT molecular complexity index is 2870. The highest BCUT2D eigenvalue weighted by Gasteiger charge is 2.52. The Balaban J connectivity index is 0.000000273. The molecule has 0 aliphatic carbocycles. The van der Waals surface area contributed by atoms with Gasteiger partial charge in [0.25, 0.3) is 0 Å². The van der Waals surface area contributed by atoms with E-state index in [-0.39, 0.29) is 12.3 Å². The summed E-state index contributed by atoms with van der Waals surface area (Å²) in [5, 5.41) is 1.68. The van der Waals surface area contributed by atoms with Gasteiger partial charge >= 0.3 is 9.86 Å². The smallest absolute Gasteiger partial charge is 0.379 e. The maximum atomic E-state index is 15.4. The number of carbonyl (C=O) groups excluding carboxylic acids is 1. The average Bonchev–Trinajstić information content (AvgIpc) is 3.32. The molecule has 0 fully saturated rings. The van der Waals surface area contributed by atoms with Gasteiger partial charge in [0.15, 0.2) is 76.0 Å². The van der Waals surface area contributed by atoms with Gasteiger partial charge in [-0.25, -0.2) is 87.8 Å². The summed E-state index contributed by atoms with van der Waals surface area (Å²) in [6, 6.07) is 18.4. The second kappa shape index (κ2) is 19.3. The van der Waals surface area contributed by atoms with Crippen LogP contribution in [0.15, 0.2) is 66.9 Å². The summed E-state index contributed by atoms with van der Waals surface area (Å²) in [5.41, 5.74) is -13.7. The lowest BCUT2D eigenvalue weighted by Crippen LogP contribution is -2.81. The van der Waals surface area contributed by atoms with E-state index in [0.717, 1.165) is 10.8 Å². The van der Waals surface area contributed by atoms with Crippen molar-refractivity contribution in [2.24, 2.45) is 0 Å². The molecule has 0 saturated heterocycles. The molecule has 6 aromatic carbocycles. The molecule has 1 aromatic heterocycles. The molecular formula is C42H13BCl3F20NO2. The third-order valence-electron chi connectivity index (χ3n) is 10.2. The van der Waals surface area contributed by atoms with Crippen LogP contribution in [0, 0.1) is 116 Å². The van der Waals surface area contributed by atoms with Crippen LogP contribution >= 0.6 is 34.8 Å². The molecule has 0 aliphatic heterocycles. The van der Waals surface area contributed by atoms with Gasteiger partial charge in [-0.1, -0.05) is 48.5 Å². The fourth-order valence-electron chi connectivity index (χ4n) is 7.32. The van der Waals surface area contributed by atoms with Crippen molar-refractivity contribution in [2.45, 2.75) is 10.5 Å². The number of aromatic nitrogens is 1. The molecule has 0 aliphatic rings. The van der Waals surface area contributed by atoms with Gasteiger partial charge in [-0.05, 0) is 46.3 Å². The number of halogens is 23. The number of ketones is 1. The normalized spacial score (nSPS) is 11.8. The van der Waals surface area contributed by atoms with E-state index in [9.17, 15) is 57.5 Å². The summed E-state index contributed by atoms with van der Waals surface area (Å²) in [4.78, 5) is 12.5. The van der Waals surface area contributed by atoms with Crippen molar-refractivity contribution in [1.82, 2.24) is 0 Å². The fourth-order valence-corrected chi connectivity index (χ4v) is 7.54. The highest BCUT2D eigenvalue weighted by atomic mass is 35.6. The molecule has 0 spiro atoms. The van der Waals surface area contributed by atoms with Gasteiger partial charge in [-0.15, -0.1) is 21.9 Å². The summed E-state index contributed by atoms with van der Waals surface area (Å²) in [5.74, 6) is -71.1. The molecule has 3 nitrogen and oxygen atoms in total. The van der Waals surface area contributed by atoms with Crippen LogP contribution in [0.4, 0.5) is 87.8 Å². The van der Waals surface area contributed by atoms with Gasteiger partial charge < -0.3 is 4.74 Å². The van der Waals surface area contributed by atoms with Crippen molar-refractivity contribution in [2.75, 3.05) is 0 Å². The van der Waals surface area contributed by atoms with Gasteiger partial charge in [-0.3, -0.25) is 4.79 Å². The number of rotatable bonds is 8. The highest BCUT2D eigenvalue weighted by Crippen LogP contribution is 2.34. The Labute approximate surface area is 385 Å². The number of hydrogen-bond acceptors (Lipinski definition) is 2. The number of hydrogen-bond donors (Lipinski definition) is 0. The maximum absolute atomic E-state index is 15.4. The van der Waals surface area contributed by atoms with Crippen LogP contribution < -0.4 is 31.2 Å². The zero-order valence-electron chi connectivity index (χ0n) is 32.6. The van der Waals surface area contributed by atoms with Gasteiger partial charge in [-0.2, -0.15) is 4.57 Å². The number of alkyl halides is 3. The number of benzene rings is 6. The second-order valence-electron chi connectivity index (χ2n) is 14.0. The first kappa shape index (κ1) is 52.1. The second-order valence-corrected chi connectivity index (χ2v) is 16.2. The molecule has 0 amide bonds. The van der Waals surface area contributed by atoms with Gasteiger partial charge in [0.2, 0.25) is 12.3 Å². The lowest BCUT2D eigenvalue weighted by Gasteiger charge is -2.44. The Hall–Kier alpha value is -6.27. The molecule has 362 valence electrons. The molecule has 7 rings (SSSR count). The minimum Gasteiger partial charge on any atom is -0.392 e. The molecular weight excluding hydrogens is 1050 g/mol. The first-order chi connectivity index (χ1) is 32.1. The summed E-state index contributed by atoms with van der Waals surface area (Å²) in [6.07, 6.45) is -5.47. The summed E-state index contributed by atoms with van der Waals surface area (Å²) < 4.78 is 299. The summed E-state index contributed by atoms with van der Waals surface area (Å²) in [7, 11) is 0. The minimum absolute atomic E-state index is 0.0648. The lowest BCUT2D eigenvalue weighted by atomic mass is 9.12. The standard InChI is InChI=1S/C24BF20.C18H13Cl3NO2/c26-5-1(6(27)14(35)21(42)13(5)34)25(2-7(28)15(36)22(43)16(37)8(2)29,3-9(30)17(38)23(44)18(39)10(3)31)4-11(32)19(40)24(45)20(41)12(4)33;19-18(20,21)24-17-15-9-5-4-6-13(15)10-11-22(17)12-16(23)14-7-2-1-3-8-14/h;1-11H,12H2/q-1;+1. The SMILES string of the molecule is Fc1c(F)c(F)c([B-](c2c(F)c(F)c(F)c(F)c2F)(c2c(F)c(F)c(F)c(F)c2F)c2c(F)c(F)c(F)c(F)c2F)c(F)c1F.O=C(C[n+]1ccc2ccccc2c1OC(Cl)(Cl)Cl)c1ccccc1. The molecule has 0 bridgehead atoms. The van der Waals surface area contributed by atoms with Crippen molar-refractivity contribution in [3.8, 4) is 5.88 Å². The Morgan fingerprint density at radius 2 is 0.710 bits per heavy atom. The zero-order valence-corrected chi connectivity index (χ0v) is 34.9. The third kappa shape index (κ3) is 8.74. The van der Waals surface area contributed by atoms with Gasteiger partial charge in [0.1, 0.15) is 52.7 Å². The fraction of sp³-hybridized carbons (Fsp3) is 0.0476. The van der Waals surface area contributed by atoms with E-state index in [1.165, 1.54) is 0 Å². The average molecular weight is 1060 g/mol. The van der Waals surface area contributed by atoms with Gasteiger partial charge in [0.05, 0.1) is 5.39 Å². The summed E-state index contributed by atoms with van der Waals surface area (Å²) in [6.45, 7) is 0.0743. The molecule has 1 heterocycles. The quantitative estimate of drug-likeness (QED) is 0.0289. The monoisotopic (exact) mass is 1060 g/mol. The number of ether oxygens (including phenoxy) is 1. The van der Waals surface area contributed by atoms with E-state index in [2.05, 4.69) is 0 Å². The number of carbonyl (C=O) groups is 1. The molecule has 69 heavy (non-hydrogen) atoms. The van der Waals surface area contributed by atoms with Crippen molar-refractivity contribution >= 4 is 79.4 Å². The molecule has 0 saturated carbocycles. The molecule has 0 unspecified atom stereocenters. The lowest BCUT2D eigenvalue weighted by molar-refractivity contribution is -0.687. The minimum atomic E-state index is -7.22. The number of pyridine rings is 1. The Kier molecular flexibility index (Phi) is 14.5. The van der Waals surface area contributed by atoms with Gasteiger partial charge in [0, 0.05) is 11.6 Å². The maximum Gasteiger partial charge on any atom is 0.379 e.